The van der Waals surface area contributed by atoms with E-state index in [0.717, 1.165) is 41.9 Å². The van der Waals surface area contributed by atoms with Crippen molar-refractivity contribution in [3.8, 4) is 11.5 Å². The maximum absolute atomic E-state index is 13.2. The molecule has 7 heteroatoms. The molecular formula is C28H33NO6. The Bertz CT molecular complexity index is 1130. The van der Waals surface area contributed by atoms with Crippen molar-refractivity contribution in [2.45, 2.75) is 70.8 Å². The van der Waals surface area contributed by atoms with Gasteiger partial charge in [-0.25, -0.2) is 0 Å². The molecule has 1 aliphatic carbocycles. The van der Waals surface area contributed by atoms with Gasteiger partial charge in [-0.3, -0.25) is 9.59 Å². The lowest BCUT2D eigenvalue weighted by Gasteiger charge is -2.27. The zero-order valence-corrected chi connectivity index (χ0v) is 20.6. The first-order valence-electron chi connectivity index (χ1n) is 12.1. The second-order valence-corrected chi connectivity index (χ2v) is 10.6. The fraction of sp³-hybridized carbons (Fsp3) is 0.464. The number of ether oxygens (including phenoxy) is 2. The lowest BCUT2D eigenvalue weighted by Crippen LogP contribution is -2.31. The van der Waals surface area contributed by atoms with Crippen LogP contribution in [0, 0.1) is 5.41 Å². The van der Waals surface area contributed by atoms with Crippen molar-refractivity contribution in [3.05, 3.63) is 53.1 Å². The third kappa shape index (κ3) is 5.50. The Morgan fingerprint density at radius 1 is 1.11 bits per heavy atom. The predicted octanol–water partition coefficient (Wildman–Crippen LogP) is 4.69. The van der Waals surface area contributed by atoms with E-state index in [0.29, 0.717) is 24.5 Å². The third-order valence-corrected chi connectivity index (χ3v) is 7.02. The molecular weight excluding hydrogens is 446 g/mol. The van der Waals surface area contributed by atoms with Crippen molar-refractivity contribution >= 4 is 23.7 Å². The monoisotopic (exact) mass is 479 g/mol. The Labute approximate surface area is 205 Å². The number of aliphatic carboxylic acids is 1. The van der Waals surface area contributed by atoms with E-state index < -0.39 is 5.97 Å². The van der Waals surface area contributed by atoms with E-state index in [1.165, 1.54) is 11.3 Å². The van der Waals surface area contributed by atoms with Crippen LogP contribution in [0.2, 0.25) is 0 Å². The fourth-order valence-corrected chi connectivity index (χ4v) is 4.63. The van der Waals surface area contributed by atoms with Crippen LogP contribution < -0.4 is 14.8 Å². The number of ketones is 1. The molecule has 2 aromatic rings. The molecule has 2 N–H and O–H groups in total. The summed E-state index contributed by atoms with van der Waals surface area (Å²) in [4.78, 5) is 32.3. The van der Waals surface area contributed by atoms with Crippen molar-refractivity contribution < 1.29 is 29.0 Å². The minimum Gasteiger partial charge on any atom is -0.481 e. The lowest BCUT2D eigenvalue weighted by molar-refractivity contribution is -0.137. The molecule has 186 valence electrons. The van der Waals surface area contributed by atoms with Crippen molar-refractivity contribution in [2.75, 3.05) is 12.1 Å². The van der Waals surface area contributed by atoms with Gasteiger partial charge in [-0.05, 0) is 59.6 Å². The van der Waals surface area contributed by atoms with Crippen LogP contribution in [0.15, 0.2) is 36.4 Å². The number of carboxylic acids is 1. The van der Waals surface area contributed by atoms with E-state index >= 15 is 0 Å². The number of Topliss-reactive ketones (excluding diaryl/α,β-unsaturated/α-hetero) is 1. The molecule has 0 spiro atoms. The van der Waals surface area contributed by atoms with Crippen LogP contribution in [0.25, 0.3) is 0 Å². The number of carbonyl (C=O) groups excluding carboxylic acids is 2. The van der Waals surface area contributed by atoms with E-state index in [9.17, 15) is 14.4 Å². The van der Waals surface area contributed by atoms with Gasteiger partial charge in [0.2, 0.25) is 6.79 Å². The summed E-state index contributed by atoms with van der Waals surface area (Å²) >= 11 is 0. The highest BCUT2D eigenvalue weighted by molar-refractivity contribution is 5.95. The average molecular weight is 480 g/mol. The summed E-state index contributed by atoms with van der Waals surface area (Å²) in [6.45, 7) is 7.06. The van der Waals surface area contributed by atoms with Crippen LogP contribution in [-0.2, 0) is 32.6 Å². The van der Waals surface area contributed by atoms with Crippen LogP contribution >= 0.6 is 0 Å². The molecule has 1 fully saturated rings. The smallest absolute Gasteiger partial charge is 0.303 e. The molecule has 0 bridgehead atoms. The molecule has 0 aromatic heterocycles. The van der Waals surface area contributed by atoms with Crippen LogP contribution in [0.3, 0.4) is 0 Å². The molecule has 35 heavy (non-hydrogen) atoms. The number of carbonyl (C=O) groups is 3. The van der Waals surface area contributed by atoms with Crippen molar-refractivity contribution in [2.24, 2.45) is 5.41 Å². The van der Waals surface area contributed by atoms with Gasteiger partial charge >= 0.3 is 5.97 Å². The Hall–Kier alpha value is -3.35. The topological polar surface area (TPSA) is 102 Å². The maximum atomic E-state index is 13.2. The minimum absolute atomic E-state index is 0.0521. The van der Waals surface area contributed by atoms with Gasteiger partial charge < -0.3 is 24.7 Å². The Kier molecular flexibility index (Phi) is 6.88. The highest BCUT2D eigenvalue weighted by atomic mass is 16.7. The molecule has 0 radical (unpaired) electrons. The second kappa shape index (κ2) is 9.72. The lowest BCUT2D eigenvalue weighted by atomic mass is 9.85. The SMILES string of the molecule is CC(C)(C)C1Cc2cc(CC(=O)C3(c4ccc5c(c4)OCO5)CC3)ccc2N1.O=CCCC(=O)O. The molecule has 2 aliphatic heterocycles. The summed E-state index contributed by atoms with van der Waals surface area (Å²) in [6, 6.07) is 12.9. The fourth-order valence-electron chi connectivity index (χ4n) is 4.63. The number of nitrogens with one attached hydrogen (secondary N) is 1. The number of benzene rings is 2. The van der Waals surface area contributed by atoms with Crippen LogP contribution in [0.5, 0.6) is 11.5 Å². The summed E-state index contributed by atoms with van der Waals surface area (Å²) in [5.41, 5.74) is 4.61. The molecule has 3 aliphatic rings. The minimum atomic E-state index is -0.924. The molecule has 1 unspecified atom stereocenters. The Balaban J connectivity index is 0.000000364. The molecule has 0 saturated heterocycles. The third-order valence-electron chi connectivity index (χ3n) is 7.02. The normalized spacial score (nSPS) is 18.5. The zero-order chi connectivity index (χ0) is 25.2. The molecule has 0 amide bonds. The second-order valence-electron chi connectivity index (χ2n) is 10.6. The summed E-state index contributed by atoms with van der Waals surface area (Å²) < 4.78 is 10.9. The number of aldehydes is 1. The van der Waals surface area contributed by atoms with Crippen molar-refractivity contribution in [1.82, 2.24) is 0 Å². The van der Waals surface area contributed by atoms with Crippen LogP contribution in [0.4, 0.5) is 5.69 Å². The van der Waals surface area contributed by atoms with E-state index in [-0.39, 0.29) is 30.5 Å². The van der Waals surface area contributed by atoms with Gasteiger partial charge in [-0.15, -0.1) is 0 Å². The summed E-state index contributed by atoms with van der Waals surface area (Å²) in [7, 11) is 0. The van der Waals surface area contributed by atoms with Crippen molar-refractivity contribution in [1.29, 1.82) is 0 Å². The first-order chi connectivity index (χ1) is 16.6. The summed E-state index contributed by atoms with van der Waals surface area (Å²) in [6.07, 6.45) is 4.01. The van der Waals surface area contributed by atoms with Gasteiger partial charge in [0.05, 0.1) is 11.8 Å². The number of carboxylic acid groups (broad SMARTS) is 1. The van der Waals surface area contributed by atoms with Gasteiger partial charge in [0.1, 0.15) is 12.1 Å². The maximum Gasteiger partial charge on any atom is 0.303 e. The molecule has 7 nitrogen and oxygen atoms in total. The molecule has 1 atom stereocenters. The molecule has 5 rings (SSSR count). The number of anilines is 1. The number of rotatable bonds is 7. The predicted molar refractivity (Wildman–Crippen MR) is 132 cm³/mol. The van der Waals surface area contributed by atoms with Gasteiger partial charge in [0.25, 0.3) is 0 Å². The van der Waals surface area contributed by atoms with E-state index in [2.05, 4.69) is 44.3 Å². The molecule has 1 saturated carbocycles. The molecule has 2 aromatic carbocycles. The largest absolute Gasteiger partial charge is 0.481 e. The van der Waals surface area contributed by atoms with Gasteiger partial charge in [-0.2, -0.15) is 0 Å². The Morgan fingerprint density at radius 3 is 2.49 bits per heavy atom. The van der Waals surface area contributed by atoms with Crippen molar-refractivity contribution in [3.63, 3.8) is 0 Å². The van der Waals surface area contributed by atoms with E-state index in [1.54, 1.807) is 0 Å². The van der Waals surface area contributed by atoms with Crippen LogP contribution in [-0.4, -0.2) is 36.0 Å². The van der Waals surface area contributed by atoms with Gasteiger partial charge in [0, 0.05) is 24.6 Å². The highest BCUT2D eigenvalue weighted by Crippen LogP contribution is 2.51. The summed E-state index contributed by atoms with van der Waals surface area (Å²) in [5.74, 6) is 0.914. The van der Waals surface area contributed by atoms with Gasteiger partial charge in [0.15, 0.2) is 11.5 Å². The highest BCUT2D eigenvalue weighted by Gasteiger charge is 2.50. The average Bonchev–Trinajstić information content (AvgIpc) is 3.29. The first kappa shape index (κ1) is 24.8. The first-order valence-corrected chi connectivity index (χ1v) is 12.1. The van der Waals surface area contributed by atoms with E-state index in [1.807, 2.05) is 18.2 Å². The quantitative estimate of drug-likeness (QED) is 0.556. The van der Waals surface area contributed by atoms with Gasteiger partial charge in [-0.1, -0.05) is 39.0 Å². The standard InChI is InChI=1S/C24H27NO3.C4H6O3/c1-23(2,3)21-12-16-10-15(4-6-18(16)25-21)11-22(26)24(8-9-24)17-5-7-19-20(13-17)28-14-27-19;5-3-1-2-4(6)7/h4-7,10,13,21,25H,8-9,11-12,14H2,1-3H3;3H,1-2H2,(H,6,7). The number of hydrogen-bond donors (Lipinski definition) is 2. The van der Waals surface area contributed by atoms with E-state index in [4.69, 9.17) is 14.6 Å². The zero-order valence-electron chi connectivity index (χ0n) is 20.6. The number of hydrogen-bond acceptors (Lipinski definition) is 6. The Morgan fingerprint density at radius 2 is 1.86 bits per heavy atom. The molecule has 2 heterocycles. The van der Waals surface area contributed by atoms with Crippen LogP contribution in [0.1, 0.15) is 63.1 Å². The number of fused-ring (bicyclic) bond motifs is 2. The summed E-state index contributed by atoms with van der Waals surface area (Å²) in [5, 5.41) is 11.5.